The quantitative estimate of drug-likeness (QED) is 0.560. The van der Waals surface area contributed by atoms with Gasteiger partial charge in [-0.05, 0) is 42.8 Å². The lowest BCUT2D eigenvalue weighted by atomic mass is 10.1. The number of methoxy groups -OCH3 is 1. The Labute approximate surface area is 149 Å². The smallest absolute Gasteiger partial charge is 0.338 e. The molecule has 132 valence electrons. The summed E-state index contributed by atoms with van der Waals surface area (Å²) in [5.41, 5.74) is 2.35. The first-order valence-corrected chi connectivity index (χ1v) is 9.37. The van der Waals surface area contributed by atoms with E-state index in [4.69, 9.17) is 9.47 Å². The monoisotopic (exact) mass is 360 g/mol. The van der Waals surface area contributed by atoms with Crippen LogP contribution in [0.3, 0.4) is 0 Å². The number of ether oxygens (including phenoxy) is 2. The van der Waals surface area contributed by atoms with Crippen LogP contribution < -0.4 is 4.74 Å². The second-order valence-corrected chi connectivity index (χ2v) is 7.01. The lowest BCUT2D eigenvalue weighted by molar-refractivity contribution is 0.0470. The number of Topliss-reactive ketones (excluding diaryl/α,β-unsaturated/α-hetero) is 1. The van der Waals surface area contributed by atoms with Gasteiger partial charge in [-0.3, -0.25) is 9.00 Å². The molecule has 2 aromatic rings. The average Bonchev–Trinajstić information content (AvgIpc) is 2.58. The third-order valence-electron chi connectivity index (χ3n) is 3.58. The Morgan fingerprint density at radius 2 is 1.84 bits per heavy atom. The van der Waals surface area contributed by atoms with Crippen molar-refractivity contribution in [2.75, 3.05) is 13.4 Å². The normalized spacial score (nSPS) is 11.6. The molecule has 0 aliphatic rings. The topological polar surface area (TPSA) is 69.7 Å². The molecule has 0 radical (unpaired) electrons. The highest BCUT2D eigenvalue weighted by Gasteiger charge is 2.12. The Kier molecular flexibility index (Phi) is 6.47. The van der Waals surface area contributed by atoms with Gasteiger partial charge in [0.2, 0.25) is 0 Å². The molecule has 0 heterocycles. The highest BCUT2D eigenvalue weighted by Crippen LogP contribution is 2.22. The van der Waals surface area contributed by atoms with E-state index >= 15 is 0 Å². The Morgan fingerprint density at radius 3 is 2.48 bits per heavy atom. The fourth-order valence-corrected chi connectivity index (χ4v) is 3.01. The van der Waals surface area contributed by atoms with Crippen molar-refractivity contribution in [3.05, 3.63) is 64.7 Å². The summed E-state index contributed by atoms with van der Waals surface area (Å²) in [4.78, 5) is 23.8. The minimum atomic E-state index is -0.984. The van der Waals surface area contributed by atoms with Crippen LogP contribution in [-0.2, 0) is 27.9 Å². The predicted octanol–water partition coefficient (Wildman–Crippen LogP) is 3.13. The van der Waals surface area contributed by atoms with E-state index < -0.39 is 16.8 Å². The highest BCUT2D eigenvalue weighted by atomic mass is 32.2. The van der Waals surface area contributed by atoms with Crippen LogP contribution in [0.4, 0.5) is 0 Å². The number of rotatable bonds is 7. The largest absolute Gasteiger partial charge is 0.496 e. The van der Waals surface area contributed by atoms with Crippen molar-refractivity contribution in [1.29, 1.82) is 0 Å². The summed E-state index contributed by atoms with van der Waals surface area (Å²) in [6.45, 7) is 1.47. The first-order chi connectivity index (χ1) is 11.9. The van der Waals surface area contributed by atoms with Gasteiger partial charge < -0.3 is 9.47 Å². The van der Waals surface area contributed by atoms with Crippen molar-refractivity contribution in [3.8, 4) is 5.75 Å². The molecule has 0 saturated carbocycles. The van der Waals surface area contributed by atoms with Crippen LogP contribution in [0.1, 0.15) is 38.8 Å². The van der Waals surface area contributed by atoms with Gasteiger partial charge in [0.15, 0.2) is 5.78 Å². The number of esters is 1. The SMILES string of the molecule is COc1ccc(C(C)=O)cc1COC(=O)c1cccc(CS(C)=O)c1. The summed E-state index contributed by atoms with van der Waals surface area (Å²) in [7, 11) is 0.533. The summed E-state index contributed by atoms with van der Waals surface area (Å²) < 4.78 is 21.9. The minimum Gasteiger partial charge on any atom is -0.496 e. The van der Waals surface area contributed by atoms with E-state index in [9.17, 15) is 13.8 Å². The second kappa shape index (κ2) is 8.58. The van der Waals surface area contributed by atoms with Gasteiger partial charge in [0, 0.05) is 33.9 Å². The summed E-state index contributed by atoms with van der Waals surface area (Å²) in [6.07, 6.45) is 1.61. The van der Waals surface area contributed by atoms with Crippen LogP contribution in [0, 0.1) is 0 Å². The number of ketones is 1. The first kappa shape index (κ1) is 18.9. The average molecular weight is 360 g/mol. The molecule has 2 rings (SSSR count). The molecule has 0 aliphatic heterocycles. The maximum absolute atomic E-state index is 12.3. The Balaban J connectivity index is 2.13. The number of hydrogen-bond acceptors (Lipinski definition) is 5. The van der Waals surface area contributed by atoms with E-state index in [0.717, 1.165) is 5.56 Å². The molecule has 0 saturated heterocycles. The summed E-state index contributed by atoms with van der Waals surface area (Å²) in [6, 6.07) is 11.9. The molecule has 0 N–H and O–H groups in total. The van der Waals surface area contributed by atoms with Gasteiger partial charge in [0.05, 0.1) is 12.7 Å². The fraction of sp³-hybridized carbons (Fsp3) is 0.263. The zero-order valence-corrected chi connectivity index (χ0v) is 15.2. The number of carbonyl (C=O) groups is 2. The molecule has 1 atom stereocenters. The molecule has 25 heavy (non-hydrogen) atoms. The maximum atomic E-state index is 12.3. The molecule has 0 aliphatic carbocycles. The third-order valence-corrected chi connectivity index (χ3v) is 4.32. The number of benzene rings is 2. The Bertz CT molecular complexity index is 813. The van der Waals surface area contributed by atoms with Crippen LogP contribution in [0.15, 0.2) is 42.5 Å². The Hall–Kier alpha value is -2.47. The lowest BCUT2D eigenvalue weighted by Crippen LogP contribution is -2.07. The lowest BCUT2D eigenvalue weighted by Gasteiger charge is -2.11. The molecular weight excluding hydrogens is 340 g/mol. The number of carbonyl (C=O) groups excluding carboxylic acids is 2. The zero-order chi connectivity index (χ0) is 18.4. The van der Waals surface area contributed by atoms with E-state index in [2.05, 4.69) is 0 Å². The van der Waals surface area contributed by atoms with Gasteiger partial charge in [-0.25, -0.2) is 4.79 Å². The standard InChI is InChI=1S/C19H20O5S/c1-13(20)15-7-8-18(23-2)17(10-15)11-24-19(21)16-6-4-5-14(9-16)12-25(3)22/h4-10H,11-12H2,1-3H3. The second-order valence-electron chi connectivity index (χ2n) is 5.58. The minimum absolute atomic E-state index is 0.00688. The predicted molar refractivity (Wildman–Crippen MR) is 96.3 cm³/mol. The fourth-order valence-electron chi connectivity index (χ4n) is 2.36. The molecule has 2 aromatic carbocycles. The molecule has 0 bridgehead atoms. The highest BCUT2D eigenvalue weighted by molar-refractivity contribution is 7.83. The summed E-state index contributed by atoms with van der Waals surface area (Å²) in [5.74, 6) is 0.373. The van der Waals surface area contributed by atoms with Crippen LogP contribution in [-0.4, -0.2) is 29.3 Å². The Morgan fingerprint density at radius 1 is 1.08 bits per heavy atom. The van der Waals surface area contributed by atoms with Gasteiger partial charge in [0.25, 0.3) is 0 Å². The van der Waals surface area contributed by atoms with Crippen LogP contribution in [0.5, 0.6) is 5.75 Å². The van der Waals surface area contributed by atoms with Crippen molar-refractivity contribution >= 4 is 22.6 Å². The third kappa shape index (κ3) is 5.26. The van der Waals surface area contributed by atoms with E-state index in [1.54, 1.807) is 42.7 Å². The molecule has 6 heteroatoms. The van der Waals surface area contributed by atoms with Crippen molar-refractivity contribution in [2.24, 2.45) is 0 Å². The van der Waals surface area contributed by atoms with E-state index in [1.165, 1.54) is 14.0 Å². The van der Waals surface area contributed by atoms with Crippen LogP contribution in [0.2, 0.25) is 0 Å². The first-order valence-electron chi connectivity index (χ1n) is 7.64. The van der Waals surface area contributed by atoms with Crippen LogP contribution in [0.25, 0.3) is 0 Å². The van der Waals surface area contributed by atoms with E-state index in [0.29, 0.717) is 28.2 Å². The van der Waals surface area contributed by atoms with Crippen LogP contribution >= 0.6 is 0 Å². The molecule has 0 spiro atoms. The molecular formula is C19H20O5S. The zero-order valence-electron chi connectivity index (χ0n) is 14.4. The van der Waals surface area contributed by atoms with Crippen molar-refractivity contribution in [2.45, 2.75) is 19.3 Å². The van der Waals surface area contributed by atoms with E-state index in [1.807, 2.05) is 6.07 Å². The van der Waals surface area contributed by atoms with Gasteiger partial charge in [0.1, 0.15) is 12.4 Å². The van der Waals surface area contributed by atoms with Gasteiger partial charge in [-0.15, -0.1) is 0 Å². The van der Waals surface area contributed by atoms with Gasteiger partial charge >= 0.3 is 5.97 Å². The molecule has 0 amide bonds. The van der Waals surface area contributed by atoms with Crippen molar-refractivity contribution in [1.82, 2.24) is 0 Å². The van der Waals surface area contributed by atoms with Gasteiger partial charge in [-0.1, -0.05) is 12.1 Å². The maximum Gasteiger partial charge on any atom is 0.338 e. The molecule has 1 unspecified atom stereocenters. The van der Waals surface area contributed by atoms with Crippen molar-refractivity contribution in [3.63, 3.8) is 0 Å². The molecule has 5 nitrogen and oxygen atoms in total. The molecule has 0 fully saturated rings. The number of hydrogen-bond donors (Lipinski definition) is 0. The summed E-state index contributed by atoms with van der Waals surface area (Å²) in [5, 5.41) is 0. The van der Waals surface area contributed by atoms with Crippen molar-refractivity contribution < 1.29 is 23.3 Å². The summed E-state index contributed by atoms with van der Waals surface area (Å²) >= 11 is 0. The van der Waals surface area contributed by atoms with E-state index in [-0.39, 0.29) is 12.4 Å². The molecule has 0 aromatic heterocycles. The van der Waals surface area contributed by atoms with Gasteiger partial charge in [-0.2, -0.15) is 0 Å².